The van der Waals surface area contributed by atoms with E-state index in [4.69, 9.17) is 4.74 Å². The Kier molecular flexibility index (Phi) is 2.80. The molecule has 0 radical (unpaired) electrons. The summed E-state index contributed by atoms with van der Waals surface area (Å²) in [6, 6.07) is 15.5. The van der Waals surface area contributed by atoms with Crippen LogP contribution in [0.15, 0.2) is 59.5 Å². The van der Waals surface area contributed by atoms with Crippen LogP contribution < -0.4 is 10.3 Å². The second kappa shape index (κ2) is 4.61. The highest BCUT2D eigenvalue weighted by atomic mass is 16.5. The van der Waals surface area contributed by atoms with E-state index in [0.717, 1.165) is 22.3 Å². The van der Waals surface area contributed by atoms with E-state index in [0.29, 0.717) is 5.39 Å². The normalized spacial score (nSPS) is 10.6. The lowest BCUT2D eigenvalue weighted by Gasteiger charge is -2.08. The lowest BCUT2D eigenvalue weighted by molar-refractivity contribution is 0.415. The predicted octanol–water partition coefficient (Wildman–Crippen LogP) is 3.20. The molecular weight excluding hydrogens is 238 g/mol. The Morgan fingerprint density at radius 1 is 1.00 bits per heavy atom. The number of methoxy groups -OCH3 is 1. The molecule has 0 amide bonds. The highest BCUT2D eigenvalue weighted by Gasteiger charge is 2.07. The van der Waals surface area contributed by atoms with Gasteiger partial charge < -0.3 is 9.72 Å². The van der Waals surface area contributed by atoms with Crippen molar-refractivity contribution in [2.75, 3.05) is 7.11 Å². The van der Waals surface area contributed by atoms with Crippen molar-refractivity contribution in [1.29, 1.82) is 0 Å². The largest absolute Gasteiger partial charge is 0.497 e. The zero-order valence-electron chi connectivity index (χ0n) is 10.5. The minimum atomic E-state index is -0.0858. The highest BCUT2D eigenvalue weighted by molar-refractivity contribution is 5.96. The van der Waals surface area contributed by atoms with Crippen LogP contribution in [0.2, 0.25) is 0 Å². The van der Waals surface area contributed by atoms with Crippen molar-refractivity contribution in [3.05, 3.63) is 65.1 Å². The molecule has 0 aliphatic rings. The predicted molar refractivity (Wildman–Crippen MR) is 76.6 cm³/mol. The van der Waals surface area contributed by atoms with E-state index in [2.05, 4.69) is 4.98 Å². The molecule has 3 rings (SSSR count). The number of benzene rings is 2. The van der Waals surface area contributed by atoms with Crippen molar-refractivity contribution in [3.8, 4) is 16.9 Å². The van der Waals surface area contributed by atoms with Gasteiger partial charge in [0.05, 0.1) is 7.11 Å². The van der Waals surface area contributed by atoms with E-state index >= 15 is 0 Å². The van der Waals surface area contributed by atoms with E-state index < -0.39 is 0 Å². The average molecular weight is 251 g/mol. The Balaban J connectivity index is 2.36. The number of H-pyrrole nitrogens is 1. The summed E-state index contributed by atoms with van der Waals surface area (Å²) in [6.45, 7) is 0. The number of aromatic amines is 1. The molecule has 0 saturated heterocycles. The van der Waals surface area contributed by atoms with Gasteiger partial charge in [-0.2, -0.15) is 0 Å². The first kappa shape index (κ1) is 11.5. The number of pyridine rings is 1. The molecular formula is C16H13NO2. The molecule has 1 N–H and O–H groups in total. The summed E-state index contributed by atoms with van der Waals surface area (Å²) in [5.74, 6) is 0.746. The maximum Gasteiger partial charge on any atom is 0.255 e. The molecule has 2 aromatic carbocycles. The lowest BCUT2D eigenvalue weighted by Crippen LogP contribution is -2.05. The number of fused-ring (bicyclic) bond motifs is 1. The fourth-order valence-corrected chi connectivity index (χ4v) is 2.22. The zero-order chi connectivity index (χ0) is 13.2. The molecule has 3 nitrogen and oxygen atoms in total. The third kappa shape index (κ3) is 1.99. The van der Waals surface area contributed by atoms with Crippen molar-refractivity contribution in [2.45, 2.75) is 0 Å². The topological polar surface area (TPSA) is 42.1 Å². The maximum atomic E-state index is 11.9. The van der Waals surface area contributed by atoms with Crippen molar-refractivity contribution >= 4 is 10.8 Å². The Labute approximate surface area is 110 Å². The molecule has 0 unspecified atom stereocenters. The van der Waals surface area contributed by atoms with Gasteiger partial charge in [0.2, 0.25) is 0 Å². The van der Waals surface area contributed by atoms with Gasteiger partial charge in [-0.15, -0.1) is 0 Å². The van der Waals surface area contributed by atoms with Gasteiger partial charge >= 0.3 is 0 Å². The molecule has 0 fully saturated rings. The molecule has 1 heterocycles. The molecule has 94 valence electrons. The maximum absolute atomic E-state index is 11.9. The average Bonchev–Trinajstić information content (AvgIpc) is 2.48. The van der Waals surface area contributed by atoms with Crippen LogP contribution in [0, 0.1) is 0 Å². The van der Waals surface area contributed by atoms with E-state index in [1.807, 2.05) is 36.4 Å². The van der Waals surface area contributed by atoms with Gasteiger partial charge in [0.15, 0.2) is 0 Å². The van der Waals surface area contributed by atoms with Crippen molar-refractivity contribution in [1.82, 2.24) is 4.98 Å². The third-order valence-corrected chi connectivity index (χ3v) is 3.19. The molecule has 0 saturated carbocycles. The molecule has 19 heavy (non-hydrogen) atoms. The standard InChI is InChI=1S/C16H13NO2/c1-19-12-7-8-13-14(9-12)15(10-17-16(13)18)11-5-3-2-4-6-11/h2-10H,1H3,(H,17,18). The molecule has 0 spiro atoms. The number of rotatable bonds is 2. The van der Waals surface area contributed by atoms with Gasteiger partial charge in [0, 0.05) is 22.5 Å². The van der Waals surface area contributed by atoms with Crippen LogP contribution in [0.5, 0.6) is 5.75 Å². The molecule has 0 aliphatic carbocycles. The molecule has 0 bridgehead atoms. The van der Waals surface area contributed by atoms with Crippen molar-refractivity contribution in [2.24, 2.45) is 0 Å². The first-order valence-corrected chi connectivity index (χ1v) is 6.04. The van der Waals surface area contributed by atoms with E-state index in [1.54, 1.807) is 25.4 Å². The smallest absolute Gasteiger partial charge is 0.255 e. The van der Waals surface area contributed by atoms with Gasteiger partial charge in [0.25, 0.3) is 5.56 Å². The molecule has 1 aromatic heterocycles. The van der Waals surface area contributed by atoms with Gasteiger partial charge in [-0.1, -0.05) is 30.3 Å². The molecule has 0 atom stereocenters. The van der Waals surface area contributed by atoms with E-state index in [-0.39, 0.29) is 5.56 Å². The number of ether oxygens (including phenoxy) is 1. The number of nitrogens with one attached hydrogen (secondary N) is 1. The summed E-state index contributed by atoms with van der Waals surface area (Å²) in [6.07, 6.45) is 1.75. The Hall–Kier alpha value is -2.55. The number of aromatic nitrogens is 1. The minimum absolute atomic E-state index is 0.0858. The number of hydrogen-bond acceptors (Lipinski definition) is 2. The van der Waals surface area contributed by atoms with E-state index in [9.17, 15) is 4.79 Å². The summed E-state index contributed by atoms with van der Waals surface area (Å²) in [4.78, 5) is 14.6. The summed E-state index contributed by atoms with van der Waals surface area (Å²) < 4.78 is 5.24. The van der Waals surface area contributed by atoms with Crippen LogP contribution in [0.25, 0.3) is 21.9 Å². The minimum Gasteiger partial charge on any atom is -0.497 e. The van der Waals surface area contributed by atoms with Crippen LogP contribution >= 0.6 is 0 Å². The summed E-state index contributed by atoms with van der Waals surface area (Å²) in [5, 5.41) is 1.57. The first-order chi connectivity index (χ1) is 9.29. The van der Waals surface area contributed by atoms with Crippen LogP contribution in [0.3, 0.4) is 0 Å². The van der Waals surface area contributed by atoms with Gasteiger partial charge in [-0.05, 0) is 23.8 Å². The Morgan fingerprint density at radius 3 is 2.53 bits per heavy atom. The molecule has 0 aliphatic heterocycles. The lowest BCUT2D eigenvalue weighted by atomic mass is 10.0. The second-order valence-electron chi connectivity index (χ2n) is 4.31. The fourth-order valence-electron chi connectivity index (χ4n) is 2.22. The summed E-state index contributed by atoms with van der Waals surface area (Å²) in [7, 11) is 1.62. The SMILES string of the molecule is COc1ccc2c(=O)[nH]cc(-c3ccccc3)c2c1. The summed E-state index contributed by atoms with van der Waals surface area (Å²) in [5.41, 5.74) is 1.98. The molecule has 3 aromatic rings. The van der Waals surface area contributed by atoms with Crippen molar-refractivity contribution in [3.63, 3.8) is 0 Å². The zero-order valence-corrected chi connectivity index (χ0v) is 10.5. The van der Waals surface area contributed by atoms with Crippen LogP contribution in [0.4, 0.5) is 0 Å². The van der Waals surface area contributed by atoms with Gasteiger partial charge in [-0.25, -0.2) is 0 Å². The van der Waals surface area contributed by atoms with Gasteiger partial charge in [0.1, 0.15) is 5.75 Å². The second-order valence-corrected chi connectivity index (χ2v) is 4.31. The monoisotopic (exact) mass is 251 g/mol. The van der Waals surface area contributed by atoms with Crippen LogP contribution in [0.1, 0.15) is 0 Å². The number of hydrogen-bond donors (Lipinski definition) is 1. The van der Waals surface area contributed by atoms with Crippen molar-refractivity contribution < 1.29 is 4.74 Å². The van der Waals surface area contributed by atoms with E-state index in [1.165, 1.54) is 0 Å². The highest BCUT2D eigenvalue weighted by Crippen LogP contribution is 2.28. The van der Waals surface area contributed by atoms with Crippen LogP contribution in [-0.4, -0.2) is 12.1 Å². The fraction of sp³-hybridized carbons (Fsp3) is 0.0625. The summed E-state index contributed by atoms with van der Waals surface area (Å²) >= 11 is 0. The Morgan fingerprint density at radius 2 is 1.79 bits per heavy atom. The third-order valence-electron chi connectivity index (χ3n) is 3.19. The van der Waals surface area contributed by atoms with Gasteiger partial charge in [-0.3, -0.25) is 4.79 Å². The Bertz CT molecular complexity index is 776. The van der Waals surface area contributed by atoms with Crippen LogP contribution in [-0.2, 0) is 0 Å². The molecule has 3 heteroatoms. The quantitative estimate of drug-likeness (QED) is 0.760. The first-order valence-electron chi connectivity index (χ1n) is 6.04.